The number of nitrogens with two attached hydrogens (primary N) is 1. The maximum absolute atomic E-state index is 12.2. The molecule has 4 N–H and O–H groups in total. The standard InChI is InChI=1S/C9H12FNO2/c10-4-6-1-2-8(12)7(3-6)9(13)5-11/h1-3,9,12-13H,4-5,11H2. The SMILES string of the molecule is NCC(O)c1cc(CF)ccc1O. The summed E-state index contributed by atoms with van der Waals surface area (Å²) in [5.41, 5.74) is 5.90. The van der Waals surface area contributed by atoms with E-state index in [2.05, 4.69) is 0 Å². The molecule has 0 amide bonds. The summed E-state index contributed by atoms with van der Waals surface area (Å²) in [7, 11) is 0. The van der Waals surface area contributed by atoms with E-state index >= 15 is 0 Å². The normalized spacial score (nSPS) is 12.8. The van der Waals surface area contributed by atoms with Crippen LogP contribution < -0.4 is 5.73 Å². The number of aromatic hydroxyl groups is 1. The minimum absolute atomic E-state index is 0.00327. The molecule has 1 aromatic carbocycles. The summed E-state index contributed by atoms with van der Waals surface area (Å²) >= 11 is 0. The highest BCUT2D eigenvalue weighted by Crippen LogP contribution is 2.24. The number of phenolic OH excluding ortho intramolecular Hbond substituents is 1. The lowest BCUT2D eigenvalue weighted by Crippen LogP contribution is -2.11. The van der Waals surface area contributed by atoms with Crippen LogP contribution >= 0.6 is 0 Å². The summed E-state index contributed by atoms with van der Waals surface area (Å²) in [6, 6.07) is 4.22. The second kappa shape index (κ2) is 4.20. The third-order valence-corrected chi connectivity index (χ3v) is 1.83. The highest BCUT2D eigenvalue weighted by atomic mass is 19.1. The molecule has 0 aromatic heterocycles. The molecule has 0 saturated heterocycles. The molecule has 1 atom stereocenters. The minimum atomic E-state index is -0.938. The second-order valence-electron chi connectivity index (χ2n) is 2.78. The third kappa shape index (κ3) is 2.17. The fourth-order valence-electron chi connectivity index (χ4n) is 1.08. The van der Waals surface area contributed by atoms with Crippen LogP contribution in [0, 0.1) is 0 Å². The molecule has 0 radical (unpaired) electrons. The van der Waals surface area contributed by atoms with Crippen LogP contribution in [0.2, 0.25) is 0 Å². The van der Waals surface area contributed by atoms with Gasteiger partial charge in [0.25, 0.3) is 0 Å². The van der Waals surface area contributed by atoms with Gasteiger partial charge in [-0.15, -0.1) is 0 Å². The first-order valence-corrected chi connectivity index (χ1v) is 3.95. The van der Waals surface area contributed by atoms with E-state index in [4.69, 9.17) is 5.73 Å². The van der Waals surface area contributed by atoms with E-state index in [1.54, 1.807) is 0 Å². The van der Waals surface area contributed by atoms with Crippen molar-refractivity contribution >= 4 is 0 Å². The van der Waals surface area contributed by atoms with Crippen molar-refractivity contribution in [3.63, 3.8) is 0 Å². The number of phenols is 1. The van der Waals surface area contributed by atoms with Crippen molar-refractivity contribution in [3.8, 4) is 5.75 Å². The summed E-state index contributed by atoms with van der Waals surface area (Å²) in [6.45, 7) is -0.617. The number of alkyl halides is 1. The maximum Gasteiger partial charge on any atom is 0.121 e. The average Bonchev–Trinajstić information content (AvgIpc) is 2.17. The van der Waals surface area contributed by atoms with Crippen LogP contribution in [0.5, 0.6) is 5.75 Å². The molecule has 0 saturated carbocycles. The summed E-state index contributed by atoms with van der Waals surface area (Å²) in [5, 5.41) is 18.6. The van der Waals surface area contributed by atoms with E-state index in [1.165, 1.54) is 18.2 Å². The number of aliphatic hydroxyl groups is 1. The first kappa shape index (κ1) is 9.95. The monoisotopic (exact) mass is 185 g/mol. The molecule has 4 heteroatoms. The van der Waals surface area contributed by atoms with Gasteiger partial charge in [-0.3, -0.25) is 0 Å². The minimum Gasteiger partial charge on any atom is -0.508 e. The van der Waals surface area contributed by atoms with Gasteiger partial charge in [0, 0.05) is 12.1 Å². The molecule has 0 heterocycles. The van der Waals surface area contributed by atoms with Gasteiger partial charge >= 0.3 is 0 Å². The van der Waals surface area contributed by atoms with Crippen LogP contribution in [0.3, 0.4) is 0 Å². The van der Waals surface area contributed by atoms with Crippen molar-refractivity contribution in [2.45, 2.75) is 12.8 Å². The van der Waals surface area contributed by atoms with Crippen LogP contribution in [0.25, 0.3) is 0 Å². The zero-order chi connectivity index (χ0) is 9.84. The highest BCUT2D eigenvalue weighted by molar-refractivity contribution is 5.37. The van der Waals surface area contributed by atoms with E-state index < -0.39 is 12.8 Å². The molecule has 0 aliphatic carbocycles. The van der Waals surface area contributed by atoms with Crippen LogP contribution in [0.4, 0.5) is 4.39 Å². The molecule has 1 aromatic rings. The van der Waals surface area contributed by atoms with E-state index in [-0.39, 0.29) is 17.9 Å². The first-order chi connectivity index (χ1) is 6.19. The number of aliphatic hydroxyl groups excluding tert-OH is 1. The lowest BCUT2D eigenvalue weighted by Gasteiger charge is -2.10. The van der Waals surface area contributed by atoms with E-state index in [9.17, 15) is 14.6 Å². The molecule has 13 heavy (non-hydrogen) atoms. The Hall–Kier alpha value is -1.13. The van der Waals surface area contributed by atoms with Crippen LogP contribution in [-0.2, 0) is 6.67 Å². The zero-order valence-electron chi connectivity index (χ0n) is 7.07. The predicted molar refractivity (Wildman–Crippen MR) is 46.9 cm³/mol. The Morgan fingerprint density at radius 1 is 1.46 bits per heavy atom. The van der Waals surface area contributed by atoms with Crippen LogP contribution in [-0.4, -0.2) is 16.8 Å². The number of hydrogen-bond acceptors (Lipinski definition) is 3. The summed E-state index contributed by atoms with van der Waals surface area (Å²) in [4.78, 5) is 0. The summed E-state index contributed by atoms with van der Waals surface area (Å²) < 4.78 is 12.2. The van der Waals surface area contributed by atoms with Gasteiger partial charge < -0.3 is 15.9 Å². The molecule has 72 valence electrons. The Kier molecular flexibility index (Phi) is 3.22. The molecule has 0 aliphatic rings. The molecule has 3 nitrogen and oxygen atoms in total. The van der Waals surface area contributed by atoms with Gasteiger partial charge in [-0.1, -0.05) is 6.07 Å². The van der Waals surface area contributed by atoms with E-state index in [0.29, 0.717) is 5.56 Å². The molecule has 0 aliphatic heterocycles. The highest BCUT2D eigenvalue weighted by Gasteiger charge is 2.10. The molecular weight excluding hydrogens is 173 g/mol. The number of hydrogen-bond donors (Lipinski definition) is 3. The molecule has 0 spiro atoms. The van der Waals surface area contributed by atoms with Crippen molar-refractivity contribution in [1.29, 1.82) is 0 Å². The Balaban J connectivity index is 3.03. The quantitative estimate of drug-likeness (QED) is 0.654. The van der Waals surface area contributed by atoms with Crippen molar-refractivity contribution in [1.82, 2.24) is 0 Å². The van der Waals surface area contributed by atoms with E-state index in [1.807, 2.05) is 0 Å². The van der Waals surface area contributed by atoms with Gasteiger partial charge in [-0.2, -0.15) is 0 Å². The van der Waals surface area contributed by atoms with Gasteiger partial charge in [0.2, 0.25) is 0 Å². The van der Waals surface area contributed by atoms with Crippen molar-refractivity contribution in [2.75, 3.05) is 6.54 Å². The third-order valence-electron chi connectivity index (χ3n) is 1.83. The molecule has 0 bridgehead atoms. The van der Waals surface area contributed by atoms with Gasteiger partial charge in [-0.25, -0.2) is 4.39 Å². The van der Waals surface area contributed by atoms with Gasteiger partial charge in [0.05, 0.1) is 6.10 Å². The van der Waals surface area contributed by atoms with Crippen molar-refractivity contribution < 1.29 is 14.6 Å². The topological polar surface area (TPSA) is 66.5 Å². The number of halogens is 1. The Bertz CT molecular complexity index is 291. The summed E-state index contributed by atoms with van der Waals surface area (Å²) in [5.74, 6) is -0.0600. The number of benzene rings is 1. The van der Waals surface area contributed by atoms with Crippen molar-refractivity contribution in [3.05, 3.63) is 29.3 Å². The Morgan fingerprint density at radius 2 is 2.15 bits per heavy atom. The predicted octanol–water partition coefficient (Wildman–Crippen LogP) is 0.854. The lowest BCUT2D eigenvalue weighted by atomic mass is 10.1. The van der Waals surface area contributed by atoms with Crippen molar-refractivity contribution in [2.24, 2.45) is 5.73 Å². The Labute approximate surface area is 75.6 Å². The van der Waals surface area contributed by atoms with Crippen LogP contribution in [0.15, 0.2) is 18.2 Å². The largest absolute Gasteiger partial charge is 0.508 e. The fourth-order valence-corrected chi connectivity index (χ4v) is 1.08. The van der Waals surface area contributed by atoms with E-state index in [0.717, 1.165) is 0 Å². The summed E-state index contributed by atoms with van der Waals surface area (Å²) in [6.07, 6.45) is -0.938. The van der Waals surface area contributed by atoms with Gasteiger partial charge in [-0.05, 0) is 17.7 Å². The van der Waals surface area contributed by atoms with Crippen LogP contribution in [0.1, 0.15) is 17.2 Å². The lowest BCUT2D eigenvalue weighted by molar-refractivity contribution is 0.182. The molecule has 1 unspecified atom stereocenters. The average molecular weight is 185 g/mol. The molecule has 1 rings (SSSR count). The maximum atomic E-state index is 12.2. The Morgan fingerprint density at radius 3 is 2.69 bits per heavy atom. The number of rotatable bonds is 3. The second-order valence-corrected chi connectivity index (χ2v) is 2.78. The molecular formula is C9H12FNO2. The van der Waals surface area contributed by atoms with Gasteiger partial charge in [0.1, 0.15) is 12.4 Å². The fraction of sp³-hybridized carbons (Fsp3) is 0.333. The van der Waals surface area contributed by atoms with Gasteiger partial charge in [0.15, 0.2) is 0 Å². The zero-order valence-corrected chi connectivity index (χ0v) is 7.07. The molecule has 0 fully saturated rings. The smallest absolute Gasteiger partial charge is 0.121 e. The first-order valence-electron chi connectivity index (χ1n) is 3.95.